The highest BCUT2D eigenvalue weighted by molar-refractivity contribution is 9.10. The SMILES string of the molecule is Cc1cc(N)c(N2CCN(C)CC2)c(Br)c1. The maximum absolute atomic E-state index is 6.10. The van der Waals surface area contributed by atoms with Crippen molar-refractivity contribution in [3.63, 3.8) is 0 Å². The molecule has 1 aliphatic rings. The van der Waals surface area contributed by atoms with Crippen LogP contribution in [-0.2, 0) is 0 Å². The van der Waals surface area contributed by atoms with Gasteiger partial charge in [0.05, 0.1) is 11.4 Å². The Bertz CT molecular complexity index is 361. The first-order valence-corrected chi connectivity index (χ1v) is 6.36. The maximum atomic E-state index is 6.10. The van der Waals surface area contributed by atoms with Gasteiger partial charge in [0.2, 0.25) is 0 Å². The van der Waals surface area contributed by atoms with E-state index in [0.717, 1.165) is 42.0 Å². The monoisotopic (exact) mass is 283 g/mol. The summed E-state index contributed by atoms with van der Waals surface area (Å²) in [7, 11) is 2.16. The number of halogens is 1. The van der Waals surface area contributed by atoms with Gasteiger partial charge in [0, 0.05) is 30.7 Å². The van der Waals surface area contributed by atoms with E-state index in [1.54, 1.807) is 0 Å². The van der Waals surface area contributed by atoms with Crippen LogP contribution in [0.1, 0.15) is 5.56 Å². The Morgan fingerprint density at radius 3 is 2.38 bits per heavy atom. The molecule has 88 valence electrons. The molecule has 1 aromatic rings. The lowest BCUT2D eigenvalue weighted by Gasteiger charge is -2.35. The normalized spacial score (nSPS) is 17.8. The molecule has 1 aromatic carbocycles. The minimum absolute atomic E-state index is 0.872. The molecule has 3 nitrogen and oxygen atoms in total. The third kappa shape index (κ3) is 2.33. The molecule has 1 aliphatic heterocycles. The van der Waals surface area contributed by atoms with Crippen molar-refractivity contribution in [2.75, 3.05) is 43.9 Å². The van der Waals surface area contributed by atoms with Gasteiger partial charge in [0.25, 0.3) is 0 Å². The molecule has 2 N–H and O–H groups in total. The molecule has 0 aromatic heterocycles. The van der Waals surface area contributed by atoms with Crippen molar-refractivity contribution < 1.29 is 0 Å². The van der Waals surface area contributed by atoms with Gasteiger partial charge in [-0.2, -0.15) is 0 Å². The van der Waals surface area contributed by atoms with E-state index in [1.165, 1.54) is 5.56 Å². The van der Waals surface area contributed by atoms with Crippen LogP contribution in [0, 0.1) is 6.92 Å². The zero-order chi connectivity index (χ0) is 11.7. The summed E-state index contributed by atoms with van der Waals surface area (Å²) in [6.45, 7) is 6.35. The number of hydrogen-bond acceptors (Lipinski definition) is 3. The fraction of sp³-hybridized carbons (Fsp3) is 0.500. The van der Waals surface area contributed by atoms with Gasteiger partial charge in [0.1, 0.15) is 0 Å². The van der Waals surface area contributed by atoms with Crippen molar-refractivity contribution in [2.24, 2.45) is 0 Å². The highest BCUT2D eigenvalue weighted by atomic mass is 79.9. The van der Waals surface area contributed by atoms with Crippen LogP contribution in [0.2, 0.25) is 0 Å². The number of benzene rings is 1. The summed E-state index contributed by atoms with van der Waals surface area (Å²) in [5, 5.41) is 0. The third-order valence-corrected chi connectivity index (χ3v) is 3.66. The Balaban J connectivity index is 2.26. The molecule has 1 fully saturated rings. The van der Waals surface area contributed by atoms with E-state index in [1.807, 2.05) is 6.07 Å². The van der Waals surface area contributed by atoms with E-state index < -0.39 is 0 Å². The standard InChI is InChI=1S/C12H18BrN3/c1-9-7-10(13)12(11(14)8-9)16-5-3-15(2)4-6-16/h7-8H,3-6,14H2,1-2H3. The van der Waals surface area contributed by atoms with Gasteiger partial charge in [-0.05, 0) is 47.6 Å². The van der Waals surface area contributed by atoms with E-state index in [-0.39, 0.29) is 0 Å². The summed E-state index contributed by atoms with van der Waals surface area (Å²) in [5.41, 5.74) is 9.32. The lowest BCUT2D eigenvalue weighted by molar-refractivity contribution is 0.313. The van der Waals surface area contributed by atoms with Gasteiger partial charge >= 0.3 is 0 Å². The maximum Gasteiger partial charge on any atom is 0.0745 e. The Morgan fingerprint density at radius 2 is 1.81 bits per heavy atom. The first kappa shape index (κ1) is 11.7. The predicted molar refractivity (Wildman–Crippen MR) is 73.0 cm³/mol. The molecule has 0 saturated carbocycles. The quantitative estimate of drug-likeness (QED) is 0.802. The molecule has 1 heterocycles. The summed E-state index contributed by atoms with van der Waals surface area (Å²) < 4.78 is 1.11. The van der Waals surface area contributed by atoms with E-state index >= 15 is 0 Å². The third-order valence-electron chi connectivity index (χ3n) is 3.06. The highest BCUT2D eigenvalue weighted by Crippen LogP contribution is 2.34. The Hall–Kier alpha value is -0.740. The molecule has 0 radical (unpaired) electrons. The van der Waals surface area contributed by atoms with Crippen molar-refractivity contribution in [1.82, 2.24) is 4.90 Å². The summed E-state index contributed by atoms with van der Waals surface area (Å²) >= 11 is 3.61. The van der Waals surface area contributed by atoms with E-state index in [9.17, 15) is 0 Å². The van der Waals surface area contributed by atoms with Crippen molar-refractivity contribution in [1.29, 1.82) is 0 Å². The highest BCUT2D eigenvalue weighted by Gasteiger charge is 2.18. The summed E-state index contributed by atoms with van der Waals surface area (Å²) in [6.07, 6.45) is 0. The smallest absolute Gasteiger partial charge is 0.0745 e. The largest absolute Gasteiger partial charge is 0.397 e. The number of piperazine rings is 1. The molecule has 2 rings (SSSR count). The predicted octanol–water partition coefficient (Wildman–Crippen LogP) is 2.09. The number of aryl methyl sites for hydroxylation is 1. The van der Waals surface area contributed by atoms with Crippen LogP contribution in [0.25, 0.3) is 0 Å². The lowest BCUT2D eigenvalue weighted by atomic mass is 10.1. The van der Waals surface area contributed by atoms with Gasteiger partial charge in [-0.1, -0.05) is 0 Å². The molecular weight excluding hydrogens is 266 g/mol. The van der Waals surface area contributed by atoms with Crippen LogP contribution in [0.5, 0.6) is 0 Å². The summed E-state index contributed by atoms with van der Waals surface area (Å²) in [5.74, 6) is 0. The molecule has 0 unspecified atom stereocenters. The van der Waals surface area contributed by atoms with Crippen LogP contribution in [0.4, 0.5) is 11.4 Å². The van der Waals surface area contributed by atoms with E-state index in [2.05, 4.69) is 45.8 Å². The number of nitrogens with zero attached hydrogens (tertiary/aromatic N) is 2. The molecular formula is C12H18BrN3. The Morgan fingerprint density at radius 1 is 1.19 bits per heavy atom. The van der Waals surface area contributed by atoms with Crippen LogP contribution < -0.4 is 10.6 Å². The van der Waals surface area contributed by atoms with Gasteiger partial charge < -0.3 is 15.5 Å². The van der Waals surface area contributed by atoms with Crippen LogP contribution in [0.15, 0.2) is 16.6 Å². The van der Waals surface area contributed by atoms with E-state index in [4.69, 9.17) is 5.73 Å². The van der Waals surface area contributed by atoms with Crippen LogP contribution >= 0.6 is 15.9 Å². The zero-order valence-corrected chi connectivity index (χ0v) is 11.4. The number of hydrogen-bond donors (Lipinski definition) is 1. The topological polar surface area (TPSA) is 32.5 Å². The average Bonchev–Trinajstić information content (AvgIpc) is 2.19. The first-order valence-electron chi connectivity index (χ1n) is 5.57. The molecule has 16 heavy (non-hydrogen) atoms. The summed E-state index contributed by atoms with van der Waals surface area (Å²) in [4.78, 5) is 4.70. The number of anilines is 2. The van der Waals surface area contributed by atoms with Crippen molar-refractivity contribution in [3.05, 3.63) is 22.2 Å². The number of nitrogens with two attached hydrogens (primary N) is 1. The second-order valence-electron chi connectivity index (χ2n) is 4.47. The van der Waals surface area contributed by atoms with Gasteiger partial charge in [-0.3, -0.25) is 0 Å². The van der Waals surface area contributed by atoms with Crippen LogP contribution in [-0.4, -0.2) is 38.1 Å². The molecule has 0 amide bonds. The van der Waals surface area contributed by atoms with Crippen molar-refractivity contribution in [3.8, 4) is 0 Å². The zero-order valence-electron chi connectivity index (χ0n) is 9.83. The number of rotatable bonds is 1. The minimum atomic E-state index is 0.872. The van der Waals surface area contributed by atoms with Gasteiger partial charge in [-0.25, -0.2) is 0 Å². The van der Waals surface area contributed by atoms with Gasteiger partial charge in [-0.15, -0.1) is 0 Å². The molecule has 0 bridgehead atoms. The second-order valence-corrected chi connectivity index (χ2v) is 5.33. The van der Waals surface area contributed by atoms with Crippen LogP contribution in [0.3, 0.4) is 0 Å². The molecule has 0 atom stereocenters. The summed E-state index contributed by atoms with van der Waals surface area (Å²) in [6, 6.07) is 4.17. The number of nitrogen functional groups attached to an aromatic ring is 1. The molecule has 4 heteroatoms. The second kappa shape index (κ2) is 4.63. The van der Waals surface area contributed by atoms with Crippen molar-refractivity contribution in [2.45, 2.75) is 6.92 Å². The first-order chi connectivity index (χ1) is 7.58. The average molecular weight is 284 g/mol. The fourth-order valence-corrected chi connectivity index (χ4v) is 2.97. The lowest BCUT2D eigenvalue weighted by Crippen LogP contribution is -2.44. The molecule has 0 spiro atoms. The fourth-order valence-electron chi connectivity index (χ4n) is 2.13. The Labute approximate surface area is 105 Å². The number of likely N-dealkylation sites (N-methyl/N-ethyl adjacent to an activating group) is 1. The minimum Gasteiger partial charge on any atom is -0.397 e. The van der Waals surface area contributed by atoms with Gasteiger partial charge in [0.15, 0.2) is 0 Å². The Kier molecular flexibility index (Phi) is 3.40. The molecule has 0 aliphatic carbocycles. The molecule has 1 saturated heterocycles. The van der Waals surface area contributed by atoms with Crippen molar-refractivity contribution >= 4 is 27.3 Å². The van der Waals surface area contributed by atoms with E-state index in [0.29, 0.717) is 0 Å².